The van der Waals surface area contributed by atoms with Crippen LogP contribution in [0.4, 0.5) is 52.6 Å². The maximum absolute atomic E-state index is 16.9. The fourth-order valence-electron chi connectivity index (χ4n) is 11.7. The largest absolute Gasteiger partial charge is 0.453 e. The third-order valence-electron chi connectivity index (χ3n) is 15.4. The van der Waals surface area contributed by atoms with Gasteiger partial charge in [-0.2, -0.15) is 13.2 Å². The molecular weight excluding hydrogens is 998 g/mol. The number of hydrogen-bond acceptors (Lipinski definition) is 9. The van der Waals surface area contributed by atoms with Crippen LogP contribution in [-0.4, -0.2) is 100 Å². The lowest BCUT2D eigenvalue weighted by Crippen LogP contribution is -2.51. The van der Waals surface area contributed by atoms with Crippen LogP contribution in [-0.2, 0) is 20.5 Å². The first-order valence-corrected chi connectivity index (χ1v) is 25.9. The number of anilines is 3. The van der Waals surface area contributed by atoms with Crippen molar-refractivity contribution in [2.75, 3.05) is 61.1 Å². The lowest BCUT2D eigenvalue weighted by atomic mass is 10.0. The van der Waals surface area contributed by atoms with Gasteiger partial charge in [0.2, 0.25) is 11.8 Å². The first-order chi connectivity index (χ1) is 36.3. The summed E-state index contributed by atoms with van der Waals surface area (Å²) < 4.78 is 112. The highest BCUT2D eigenvalue weighted by molar-refractivity contribution is 5.87. The molecule has 0 saturated carbocycles. The molecule has 4 saturated heterocycles. The van der Waals surface area contributed by atoms with E-state index in [1.807, 2.05) is 32.6 Å². The quantitative estimate of drug-likeness (QED) is 0.102. The number of fused-ring (bicyclic) bond motifs is 2. The maximum Gasteiger partial charge on any atom is 0.416 e. The summed E-state index contributed by atoms with van der Waals surface area (Å²) in [4.78, 5) is 64.0. The topological polar surface area (TPSA) is 146 Å². The first-order valence-electron chi connectivity index (χ1n) is 25.9. The number of aromatic amines is 2. The molecule has 0 aliphatic carbocycles. The zero-order valence-electron chi connectivity index (χ0n) is 42.8. The molecule has 3 amide bonds. The van der Waals surface area contributed by atoms with Crippen LogP contribution in [0, 0.1) is 41.5 Å². The van der Waals surface area contributed by atoms with Gasteiger partial charge in [0.05, 0.1) is 65.3 Å². The Bertz CT molecular complexity index is 3130. The predicted molar refractivity (Wildman–Crippen MR) is 272 cm³/mol. The molecular formula is C55H60F7N10O4. The molecule has 4 fully saturated rings. The van der Waals surface area contributed by atoms with Crippen LogP contribution in [0.3, 0.4) is 0 Å². The molecule has 4 aliphatic rings. The molecule has 403 valence electrons. The van der Waals surface area contributed by atoms with Crippen LogP contribution in [0.2, 0.25) is 0 Å². The van der Waals surface area contributed by atoms with E-state index in [0.29, 0.717) is 71.8 Å². The van der Waals surface area contributed by atoms with E-state index < -0.39 is 65.3 Å². The molecule has 6 heterocycles. The molecule has 21 heteroatoms. The van der Waals surface area contributed by atoms with Crippen LogP contribution < -0.4 is 20.0 Å². The van der Waals surface area contributed by atoms with Gasteiger partial charge in [0, 0.05) is 61.8 Å². The second-order valence-electron chi connectivity index (χ2n) is 21.0. The molecule has 10 rings (SSSR count). The van der Waals surface area contributed by atoms with Crippen molar-refractivity contribution < 1.29 is 49.9 Å². The number of imidazole rings is 2. The lowest BCUT2D eigenvalue weighted by Gasteiger charge is -2.38. The number of alkyl carbamates (subject to hydrolysis) is 1. The first kappa shape index (κ1) is 52.4. The average molecular weight is 1060 g/mol. The molecule has 6 aromatic rings. The lowest BCUT2D eigenvalue weighted by molar-refractivity contribution is -0.137. The normalized spacial score (nSPS) is 20.8. The molecule has 4 aromatic carbocycles. The Labute approximate surface area is 434 Å². The number of aromatic nitrogens is 4. The van der Waals surface area contributed by atoms with Gasteiger partial charge in [-0.1, -0.05) is 27.7 Å². The number of methoxy groups -OCH3 is 1. The highest BCUT2D eigenvalue weighted by Crippen LogP contribution is 2.50. The van der Waals surface area contributed by atoms with Gasteiger partial charge in [-0.25, -0.2) is 32.3 Å². The Morgan fingerprint density at radius 1 is 0.658 bits per heavy atom. The monoisotopic (exact) mass is 1060 g/mol. The summed E-state index contributed by atoms with van der Waals surface area (Å²) in [5.41, 5.74) is 1.33. The summed E-state index contributed by atoms with van der Waals surface area (Å²) in [6, 6.07) is 9.34. The van der Waals surface area contributed by atoms with Gasteiger partial charge in [0.1, 0.15) is 35.0 Å². The number of nitrogens with one attached hydrogen (secondary N) is 3. The van der Waals surface area contributed by atoms with E-state index in [2.05, 4.69) is 15.3 Å². The van der Waals surface area contributed by atoms with E-state index in [1.165, 1.54) is 48.4 Å². The number of hydrogen-bond donors (Lipinski definition) is 3. The Morgan fingerprint density at radius 3 is 1.67 bits per heavy atom. The van der Waals surface area contributed by atoms with Gasteiger partial charge in [0.15, 0.2) is 11.6 Å². The van der Waals surface area contributed by atoms with Crippen LogP contribution in [0.15, 0.2) is 60.7 Å². The summed E-state index contributed by atoms with van der Waals surface area (Å²) in [6.07, 6.45) is -0.506. The molecule has 14 nitrogen and oxygen atoms in total. The van der Waals surface area contributed by atoms with Gasteiger partial charge >= 0.3 is 12.3 Å². The van der Waals surface area contributed by atoms with Crippen LogP contribution in [0.5, 0.6) is 0 Å². The number of likely N-dealkylation sites (tertiary alicyclic amines) is 2. The van der Waals surface area contributed by atoms with E-state index in [9.17, 15) is 27.6 Å². The molecule has 3 N–H and O–H groups in total. The van der Waals surface area contributed by atoms with Crippen molar-refractivity contribution >= 4 is 57.0 Å². The predicted octanol–water partition coefficient (Wildman–Crippen LogP) is 11.0. The molecule has 76 heavy (non-hydrogen) atoms. The number of piperazine rings is 1. The summed E-state index contributed by atoms with van der Waals surface area (Å²) >= 11 is 0. The summed E-state index contributed by atoms with van der Waals surface area (Å²) in [5.74, 6) is -2.84. The number of alkyl halides is 3. The van der Waals surface area contributed by atoms with Crippen molar-refractivity contribution in [3.8, 4) is 0 Å². The Morgan fingerprint density at radius 2 is 1.17 bits per heavy atom. The third kappa shape index (κ3) is 10.1. The summed E-state index contributed by atoms with van der Waals surface area (Å²) in [7, 11) is 1.22. The van der Waals surface area contributed by atoms with Gasteiger partial charge < -0.3 is 44.5 Å². The highest BCUT2D eigenvalue weighted by Gasteiger charge is 2.42. The van der Waals surface area contributed by atoms with Gasteiger partial charge in [-0.3, -0.25) is 9.59 Å². The minimum atomic E-state index is -4.50. The second-order valence-corrected chi connectivity index (χ2v) is 21.0. The van der Waals surface area contributed by atoms with E-state index >= 15 is 17.6 Å². The second kappa shape index (κ2) is 20.8. The van der Waals surface area contributed by atoms with Gasteiger partial charge in [0.25, 0.3) is 0 Å². The number of halogens is 7. The smallest absolute Gasteiger partial charge is 0.416 e. The third-order valence-corrected chi connectivity index (χ3v) is 15.4. The fourth-order valence-corrected chi connectivity index (χ4v) is 11.7. The zero-order valence-corrected chi connectivity index (χ0v) is 42.8. The van der Waals surface area contributed by atoms with Crippen molar-refractivity contribution in [1.29, 1.82) is 0 Å². The van der Waals surface area contributed by atoms with Crippen molar-refractivity contribution in [2.24, 2.45) is 11.8 Å². The van der Waals surface area contributed by atoms with Crippen molar-refractivity contribution in [3.05, 3.63) is 119 Å². The number of H-pyrrole nitrogens is 2. The zero-order chi connectivity index (χ0) is 53.9. The van der Waals surface area contributed by atoms with E-state index in [-0.39, 0.29) is 91.2 Å². The molecule has 5 atom stereocenters. The highest BCUT2D eigenvalue weighted by atomic mass is 19.4. The molecule has 0 bridgehead atoms. The summed E-state index contributed by atoms with van der Waals surface area (Å²) in [5, 5.41) is 2.64. The number of rotatable bonds is 12. The number of amides is 3. The number of carbonyl (C=O) groups is 3. The van der Waals surface area contributed by atoms with Crippen LogP contribution >= 0.6 is 0 Å². The standard InChI is InChI=1S/C55H60F7N10O4/c1-29(2)22-48(73)70-16-6-8-46(70)51-63-40-25-34(36(56)27-42(40)65-51)44-14-15-45(35-26-41-43(28-37(35)57)66-52(64-41)47-9-7-17-71(47)53(74)49(30(3)4)67-54(75)76-5)72(44)33-23-38(58)50(39(59)24-33)69-20-18-68(19-21-69)32-12-10-31(11-13-32)55(60,61)62/h10-13,22-30,44-47,49H,6-9,14-21H2,1-5H3,(H,63,65)(H,64,66)(H,67,75)/t44-,45-,46+,47+,49+/m1/s1. The van der Waals surface area contributed by atoms with Crippen LogP contribution in [0.25, 0.3) is 22.1 Å². The Hall–Kier alpha value is -7.06. The summed E-state index contributed by atoms with van der Waals surface area (Å²) in [6.45, 7) is 9.24. The SMILES string of the molecule is COC(=O)N[C@H](C(=O)N1CCC[C@H]1c1nc2cc([C@H]3CC[C@H](c4cc5nc([C@@H]6CCCN6C(=O)[CH]C(C)C)[nH]c5cc4F)N3c3cc(F)c(N4CCN(c5ccc(C(F)(F)F)cc5)CC4)c(F)c3)c(F)cc2[nH]1)C(C)C. The van der Waals surface area contributed by atoms with Crippen LogP contribution in [0.1, 0.15) is 119 Å². The molecule has 4 aliphatic heterocycles. The fraction of sp³-hybridized carbons (Fsp3) is 0.455. The van der Waals surface area contributed by atoms with Crippen molar-refractivity contribution in [3.63, 3.8) is 0 Å². The van der Waals surface area contributed by atoms with E-state index in [0.717, 1.165) is 18.6 Å². The van der Waals surface area contributed by atoms with Crippen molar-refractivity contribution in [2.45, 2.75) is 103 Å². The number of nitrogens with zero attached hydrogens (tertiary/aromatic N) is 7. The molecule has 0 unspecified atom stereocenters. The number of ether oxygens (including phenoxy) is 1. The molecule has 2 aromatic heterocycles. The Kier molecular flexibility index (Phi) is 14.3. The van der Waals surface area contributed by atoms with E-state index in [1.54, 1.807) is 33.3 Å². The molecule has 0 spiro atoms. The van der Waals surface area contributed by atoms with Gasteiger partial charge in [-0.05, 0) is 111 Å². The number of benzene rings is 4. The molecule has 1 radical (unpaired) electrons. The number of carbonyl (C=O) groups excluding carboxylic acids is 3. The average Bonchev–Trinajstić information content (AvgIpc) is 4.26. The minimum Gasteiger partial charge on any atom is -0.453 e. The Balaban J connectivity index is 0.986. The van der Waals surface area contributed by atoms with Crippen molar-refractivity contribution in [1.82, 2.24) is 35.1 Å². The maximum atomic E-state index is 16.9. The van der Waals surface area contributed by atoms with E-state index in [4.69, 9.17) is 14.7 Å². The van der Waals surface area contributed by atoms with Gasteiger partial charge in [-0.15, -0.1) is 0 Å². The minimum absolute atomic E-state index is 0.0287.